The molecule has 2 atom stereocenters. The van der Waals surface area contributed by atoms with Crippen LogP contribution in [0, 0.1) is 5.92 Å². The number of rotatable bonds is 1. The molecule has 0 aromatic heterocycles. The molecule has 1 fully saturated rings. The first-order valence-corrected chi connectivity index (χ1v) is 6.30. The Labute approximate surface area is 101 Å². The minimum atomic E-state index is -0.324. The third kappa shape index (κ3) is 1.75. The van der Waals surface area contributed by atoms with Gasteiger partial charge < -0.3 is 10.5 Å². The van der Waals surface area contributed by atoms with Gasteiger partial charge in [0.05, 0.1) is 12.7 Å². The van der Waals surface area contributed by atoms with Gasteiger partial charge in [0.15, 0.2) is 0 Å². The SMILES string of the molecule is NC(=O)C1=CC=CC2=C3CCCCC3OCC12. The molecule has 1 amide bonds. The van der Waals surface area contributed by atoms with Crippen LogP contribution in [0.2, 0.25) is 0 Å². The van der Waals surface area contributed by atoms with Crippen molar-refractivity contribution in [3.63, 3.8) is 0 Å². The zero-order valence-electron chi connectivity index (χ0n) is 9.82. The fraction of sp³-hybridized carbons (Fsp3) is 0.500. The molecule has 1 saturated carbocycles. The molecule has 2 aliphatic carbocycles. The number of nitrogens with two attached hydrogens (primary N) is 1. The lowest BCUT2D eigenvalue weighted by molar-refractivity contribution is -0.115. The topological polar surface area (TPSA) is 52.3 Å². The summed E-state index contributed by atoms with van der Waals surface area (Å²) in [5, 5.41) is 0. The molecule has 0 spiro atoms. The Morgan fingerprint density at radius 3 is 3.12 bits per heavy atom. The molecular weight excluding hydrogens is 214 g/mol. The number of carbonyl (C=O) groups excluding carboxylic acids is 1. The molecule has 0 aromatic carbocycles. The van der Waals surface area contributed by atoms with Crippen molar-refractivity contribution in [3.8, 4) is 0 Å². The monoisotopic (exact) mass is 231 g/mol. The first-order chi connectivity index (χ1) is 8.27. The molecule has 0 aromatic rings. The lowest BCUT2D eigenvalue weighted by Crippen LogP contribution is -2.35. The van der Waals surface area contributed by atoms with Crippen molar-refractivity contribution in [2.75, 3.05) is 6.61 Å². The maximum absolute atomic E-state index is 11.4. The zero-order chi connectivity index (χ0) is 11.8. The summed E-state index contributed by atoms with van der Waals surface area (Å²) in [5.74, 6) is -0.253. The molecule has 90 valence electrons. The van der Waals surface area contributed by atoms with Crippen molar-refractivity contribution in [1.29, 1.82) is 0 Å². The summed E-state index contributed by atoms with van der Waals surface area (Å²) in [5.41, 5.74) is 8.80. The molecule has 2 unspecified atom stereocenters. The molecule has 3 rings (SSSR count). The van der Waals surface area contributed by atoms with Crippen LogP contribution < -0.4 is 5.73 Å². The maximum Gasteiger partial charge on any atom is 0.245 e. The number of amides is 1. The van der Waals surface area contributed by atoms with Gasteiger partial charge in [-0.05, 0) is 30.4 Å². The summed E-state index contributed by atoms with van der Waals surface area (Å²) in [6, 6.07) is 0. The van der Waals surface area contributed by atoms with Gasteiger partial charge >= 0.3 is 0 Å². The van der Waals surface area contributed by atoms with E-state index in [2.05, 4.69) is 6.08 Å². The highest BCUT2D eigenvalue weighted by atomic mass is 16.5. The van der Waals surface area contributed by atoms with E-state index >= 15 is 0 Å². The van der Waals surface area contributed by atoms with Gasteiger partial charge in [-0.15, -0.1) is 0 Å². The second kappa shape index (κ2) is 4.15. The number of fused-ring (bicyclic) bond motifs is 2. The van der Waals surface area contributed by atoms with Crippen LogP contribution in [-0.2, 0) is 9.53 Å². The van der Waals surface area contributed by atoms with Crippen molar-refractivity contribution >= 4 is 5.91 Å². The predicted molar refractivity (Wildman–Crippen MR) is 65.1 cm³/mol. The van der Waals surface area contributed by atoms with Gasteiger partial charge in [-0.2, -0.15) is 0 Å². The van der Waals surface area contributed by atoms with E-state index in [1.54, 1.807) is 0 Å². The zero-order valence-corrected chi connectivity index (χ0v) is 9.82. The van der Waals surface area contributed by atoms with Gasteiger partial charge in [-0.1, -0.05) is 24.6 Å². The molecule has 0 bridgehead atoms. The van der Waals surface area contributed by atoms with E-state index in [1.807, 2.05) is 12.2 Å². The number of hydrogen-bond acceptors (Lipinski definition) is 2. The lowest BCUT2D eigenvalue weighted by atomic mass is 9.77. The van der Waals surface area contributed by atoms with Gasteiger partial charge in [0.2, 0.25) is 5.91 Å². The largest absolute Gasteiger partial charge is 0.373 e. The van der Waals surface area contributed by atoms with Crippen LogP contribution in [0.5, 0.6) is 0 Å². The van der Waals surface area contributed by atoms with Gasteiger partial charge in [-0.3, -0.25) is 4.79 Å². The first kappa shape index (κ1) is 10.8. The van der Waals surface area contributed by atoms with Crippen LogP contribution in [0.3, 0.4) is 0 Å². The molecule has 0 saturated heterocycles. The van der Waals surface area contributed by atoms with Crippen LogP contribution in [-0.4, -0.2) is 18.6 Å². The standard InChI is InChI=1S/C14H17NO2/c15-14(16)11-6-3-5-9-10-4-1-2-7-13(10)17-8-12(9)11/h3,5-6,12-13H,1-2,4,7-8H2,(H2,15,16). The number of ether oxygens (including phenoxy) is 1. The molecular formula is C14H17NO2. The lowest BCUT2D eigenvalue weighted by Gasteiger charge is -2.37. The molecule has 1 aliphatic heterocycles. The number of allylic oxidation sites excluding steroid dienone is 3. The van der Waals surface area contributed by atoms with Gasteiger partial charge in [0, 0.05) is 11.5 Å². The van der Waals surface area contributed by atoms with E-state index in [-0.39, 0.29) is 17.9 Å². The Hall–Kier alpha value is -1.35. The third-order valence-electron chi connectivity index (χ3n) is 3.97. The normalized spacial score (nSPS) is 31.6. The number of carbonyl (C=O) groups is 1. The van der Waals surface area contributed by atoms with E-state index in [9.17, 15) is 4.79 Å². The Morgan fingerprint density at radius 1 is 1.41 bits per heavy atom. The molecule has 3 nitrogen and oxygen atoms in total. The van der Waals surface area contributed by atoms with Crippen molar-refractivity contribution in [1.82, 2.24) is 0 Å². The van der Waals surface area contributed by atoms with Crippen LogP contribution in [0.25, 0.3) is 0 Å². The summed E-state index contributed by atoms with van der Waals surface area (Å²) in [6.07, 6.45) is 10.9. The highest BCUT2D eigenvalue weighted by Gasteiger charge is 2.34. The van der Waals surface area contributed by atoms with E-state index in [0.717, 1.165) is 12.8 Å². The maximum atomic E-state index is 11.4. The summed E-state index contributed by atoms with van der Waals surface area (Å²) in [6.45, 7) is 0.600. The van der Waals surface area contributed by atoms with Crippen molar-refractivity contribution in [2.24, 2.45) is 11.7 Å². The quantitative estimate of drug-likeness (QED) is 0.748. The first-order valence-electron chi connectivity index (χ1n) is 6.30. The Morgan fingerprint density at radius 2 is 2.29 bits per heavy atom. The van der Waals surface area contributed by atoms with E-state index in [0.29, 0.717) is 12.2 Å². The van der Waals surface area contributed by atoms with Crippen molar-refractivity contribution in [3.05, 3.63) is 34.9 Å². The molecule has 0 radical (unpaired) electrons. The second-order valence-electron chi connectivity index (χ2n) is 4.95. The molecule has 1 heterocycles. The summed E-state index contributed by atoms with van der Waals surface area (Å²) >= 11 is 0. The average molecular weight is 231 g/mol. The van der Waals surface area contributed by atoms with Crippen molar-refractivity contribution in [2.45, 2.75) is 31.8 Å². The third-order valence-corrected chi connectivity index (χ3v) is 3.97. The highest BCUT2D eigenvalue weighted by molar-refractivity contribution is 5.94. The Balaban J connectivity index is 2.01. The molecule has 17 heavy (non-hydrogen) atoms. The van der Waals surface area contributed by atoms with Gasteiger partial charge in [0.1, 0.15) is 0 Å². The fourth-order valence-electron chi connectivity index (χ4n) is 3.13. The van der Waals surface area contributed by atoms with Crippen LogP contribution in [0.4, 0.5) is 0 Å². The fourth-order valence-corrected chi connectivity index (χ4v) is 3.13. The summed E-state index contributed by atoms with van der Waals surface area (Å²) in [4.78, 5) is 11.4. The number of hydrogen-bond donors (Lipinski definition) is 1. The van der Waals surface area contributed by atoms with Crippen molar-refractivity contribution < 1.29 is 9.53 Å². The van der Waals surface area contributed by atoms with E-state index in [4.69, 9.17) is 10.5 Å². The Kier molecular flexibility index (Phi) is 2.63. The van der Waals surface area contributed by atoms with Crippen LogP contribution in [0.1, 0.15) is 25.7 Å². The summed E-state index contributed by atoms with van der Waals surface area (Å²) < 4.78 is 5.89. The highest BCUT2D eigenvalue weighted by Crippen LogP contribution is 2.40. The van der Waals surface area contributed by atoms with Gasteiger partial charge in [0.25, 0.3) is 0 Å². The van der Waals surface area contributed by atoms with E-state index < -0.39 is 0 Å². The van der Waals surface area contributed by atoms with Crippen LogP contribution >= 0.6 is 0 Å². The predicted octanol–water partition coefficient (Wildman–Crippen LogP) is 1.85. The average Bonchev–Trinajstić information content (AvgIpc) is 2.37. The van der Waals surface area contributed by atoms with Crippen LogP contribution in [0.15, 0.2) is 34.9 Å². The Bertz CT molecular complexity index is 445. The minimum Gasteiger partial charge on any atom is -0.373 e. The molecule has 2 N–H and O–H groups in total. The second-order valence-corrected chi connectivity index (χ2v) is 4.95. The molecule has 3 heteroatoms. The molecule has 3 aliphatic rings. The smallest absolute Gasteiger partial charge is 0.245 e. The number of primary amides is 1. The minimum absolute atomic E-state index is 0.0712. The van der Waals surface area contributed by atoms with Gasteiger partial charge in [-0.25, -0.2) is 0 Å². The summed E-state index contributed by atoms with van der Waals surface area (Å²) in [7, 11) is 0. The van der Waals surface area contributed by atoms with E-state index in [1.165, 1.54) is 24.0 Å².